The van der Waals surface area contributed by atoms with Gasteiger partial charge in [0.15, 0.2) is 21.5 Å². The van der Waals surface area contributed by atoms with E-state index in [1.807, 2.05) is 0 Å². The number of aliphatic carboxylic acids is 2. The highest BCUT2D eigenvalue weighted by Gasteiger charge is 2.27. The molecule has 0 bridgehead atoms. The van der Waals surface area contributed by atoms with Crippen LogP contribution < -0.4 is 16.4 Å². The molecule has 0 unspecified atom stereocenters. The quantitative estimate of drug-likeness (QED) is 0.138. The molecule has 0 aliphatic carbocycles. The summed E-state index contributed by atoms with van der Waals surface area (Å²) in [6.45, 7) is 0. The van der Waals surface area contributed by atoms with Crippen molar-refractivity contribution in [2.24, 2.45) is 5.73 Å². The van der Waals surface area contributed by atoms with E-state index >= 15 is 0 Å². The van der Waals surface area contributed by atoms with Crippen molar-refractivity contribution in [3.63, 3.8) is 0 Å². The number of rotatable bonds is 14. The third kappa shape index (κ3) is 11.7. The van der Waals surface area contributed by atoms with Gasteiger partial charge in [-0.3, -0.25) is 14.4 Å². The largest absolute Gasteiger partial charge is 0.505 e. The molecule has 15 nitrogen and oxygen atoms in total. The Morgan fingerprint density at radius 1 is 0.781 bits per heavy atom. The maximum atomic E-state index is 12.6. The van der Waals surface area contributed by atoms with Gasteiger partial charge < -0.3 is 36.8 Å². The van der Waals surface area contributed by atoms with Crippen molar-refractivity contribution >= 4 is 23.8 Å². The van der Waals surface area contributed by atoms with Crippen LogP contribution in [0.1, 0.15) is 38.5 Å². The Hall–Kier alpha value is -4.24. The molecule has 0 aliphatic rings. The lowest BCUT2D eigenvalue weighted by molar-refractivity contribution is -0.142. The van der Waals surface area contributed by atoms with Gasteiger partial charge in [-0.25, -0.2) is 4.79 Å². The second kappa shape index (κ2) is 14.7. The number of carbonyl (C=O) groups is 4. The normalized spacial score (nSPS) is 14.2. The fourth-order valence-electron chi connectivity index (χ4n) is 2.32. The van der Waals surface area contributed by atoms with Crippen molar-refractivity contribution in [2.75, 3.05) is 0 Å². The Morgan fingerprint density at radius 2 is 1.28 bits per heavy atom. The number of allylic oxidation sites excluding steroid dienone is 2. The van der Waals surface area contributed by atoms with Crippen LogP contribution in [0.2, 0.25) is 0 Å². The molecular weight excluding hydrogens is 430 g/mol. The van der Waals surface area contributed by atoms with Gasteiger partial charge in [0.1, 0.15) is 18.1 Å². The van der Waals surface area contributed by atoms with Gasteiger partial charge in [-0.1, -0.05) is 0 Å². The zero-order valence-electron chi connectivity index (χ0n) is 16.9. The number of hydrogen-bond acceptors (Lipinski definition) is 9. The molecule has 15 heteroatoms. The molecule has 0 fully saturated rings. The molecule has 174 valence electrons. The van der Waals surface area contributed by atoms with E-state index < -0.39 is 53.4 Å². The summed E-state index contributed by atoms with van der Waals surface area (Å²) in [7, 11) is 0. The number of carboxylic acid groups (broad SMARTS) is 2. The molecule has 0 aromatic heterocycles. The first kappa shape index (κ1) is 27.8. The molecule has 0 radical (unpaired) electrons. The summed E-state index contributed by atoms with van der Waals surface area (Å²) in [5, 5.41) is 58.2. The first-order valence-electron chi connectivity index (χ1n) is 9.27. The van der Waals surface area contributed by atoms with Crippen LogP contribution >= 0.6 is 0 Å². The summed E-state index contributed by atoms with van der Waals surface area (Å²) in [5.74, 6) is -5.29. The molecular formula is C17H25N7O8+2. The molecule has 32 heavy (non-hydrogen) atoms. The van der Waals surface area contributed by atoms with Gasteiger partial charge in [0.2, 0.25) is 22.6 Å². The maximum Gasteiger partial charge on any atom is 0.387 e. The summed E-state index contributed by atoms with van der Waals surface area (Å²) < 4.78 is 0. The predicted molar refractivity (Wildman–Crippen MR) is 106 cm³/mol. The van der Waals surface area contributed by atoms with Crippen molar-refractivity contribution < 1.29 is 39.6 Å². The van der Waals surface area contributed by atoms with Crippen LogP contribution in [0.25, 0.3) is 9.95 Å². The predicted octanol–water partition coefficient (Wildman–Crippen LogP) is 0.298. The highest BCUT2D eigenvalue weighted by atomic mass is 16.4. The minimum absolute atomic E-state index is 0.219. The second-order valence-corrected chi connectivity index (χ2v) is 6.55. The van der Waals surface area contributed by atoms with Gasteiger partial charge >= 0.3 is 24.3 Å². The zero-order chi connectivity index (χ0) is 24.7. The maximum absolute atomic E-state index is 12.6. The van der Waals surface area contributed by atoms with Crippen molar-refractivity contribution in [3.05, 3.63) is 33.9 Å². The Bertz CT molecular complexity index is 843. The molecule has 0 saturated carbocycles. The van der Waals surface area contributed by atoms with Crippen molar-refractivity contribution in [1.82, 2.24) is 10.6 Å². The highest BCUT2D eigenvalue weighted by molar-refractivity contribution is 5.90. The number of diazo groups is 2. The minimum atomic E-state index is -1.48. The summed E-state index contributed by atoms with van der Waals surface area (Å²) in [6.07, 6.45) is -0.136. The molecule has 0 rings (SSSR count). The lowest BCUT2D eigenvalue weighted by Gasteiger charge is -2.21. The summed E-state index contributed by atoms with van der Waals surface area (Å²) >= 11 is 0. The monoisotopic (exact) mass is 455 g/mol. The summed E-state index contributed by atoms with van der Waals surface area (Å²) in [6, 6.07) is -4.11. The fourth-order valence-corrected chi connectivity index (χ4v) is 2.32. The van der Waals surface area contributed by atoms with Crippen molar-refractivity contribution in [3.8, 4) is 0 Å². The molecule has 8 N–H and O–H groups in total. The first-order chi connectivity index (χ1) is 15.0. The molecule has 0 saturated heterocycles. The third-order valence-electron chi connectivity index (χ3n) is 4.06. The molecule has 0 aromatic rings. The standard InChI is InChI=1S/C17H23N7O8/c18-11(16(29)30)3-6-14(27)23-12(4-1-9(25)7-21-19)15(28)24-13(17(31)32)5-2-10(26)8-22-20/h7-8,11-13H,1-6,18H2,(H4-2,23,24,25,26,27,28,29,30,31,32)/p+2/b9-7-,10-8+/t11-,12-,13-/m0/s1. The Balaban J connectivity index is 5.26. The minimum Gasteiger partial charge on any atom is -0.505 e. The molecule has 2 amide bonds. The van der Waals surface area contributed by atoms with E-state index in [-0.39, 0.29) is 38.5 Å². The smallest absolute Gasteiger partial charge is 0.387 e. The average molecular weight is 455 g/mol. The molecule has 0 spiro atoms. The van der Waals surface area contributed by atoms with Crippen LogP contribution in [-0.2, 0) is 19.2 Å². The molecule has 0 aromatic carbocycles. The molecule has 3 atom stereocenters. The van der Waals surface area contributed by atoms with Gasteiger partial charge in [0.05, 0.1) is 0 Å². The number of nitrogens with two attached hydrogens (primary N) is 1. The third-order valence-corrected chi connectivity index (χ3v) is 4.06. The van der Waals surface area contributed by atoms with Crippen LogP contribution in [0.5, 0.6) is 0 Å². The van der Waals surface area contributed by atoms with E-state index in [9.17, 15) is 34.5 Å². The van der Waals surface area contributed by atoms with E-state index in [2.05, 4.69) is 20.6 Å². The lowest BCUT2D eigenvalue weighted by Crippen LogP contribution is -2.51. The zero-order valence-corrected chi connectivity index (χ0v) is 16.9. The number of hydrogen-bond donors (Lipinski definition) is 7. The number of carboxylic acids is 2. The van der Waals surface area contributed by atoms with Crippen LogP contribution in [0.4, 0.5) is 0 Å². The number of amides is 2. The number of carbonyl (C=O) groups excluding carboxylic acids is 2. The Kier molecular flexibility index (Phi) is 12.7. The van der Waals surface area contributed by atoms with E-state index in [0.717, 1.165) is 0 Å². The number of nitrogens with one attached hydrogen (secondary N) is 2. The lowest BCUT2D eigenvalue weighted by atomic mass is 10.1. The fraction of sp³-hybridized carbons (Fsp3) is 0.529. The van der Waals surface area contributed by atoms with Crippen molar-refractivity contribution in [2.45, 2.75) is 56.7 Å². The summed E-state index contributed by atoms with van der Waals surface area (Å²) in [4.78, 5) is 52.0. The Labute approximate surface area is 181 Å². The second-order valence-electron chi connectivity index (χ2n) is 6.55. The Morgan fingerprint density at radius 3 is 1.72 bits per heavy atom. The number of aliphatic hydroxyl groups excluding tert-OH is 2. The molecule has 0 aliphatic heterocycles. The SMILES string of the molecule is N#[N+]/C=C(\O)CC[C@H](NC(=O)CC[C@H](N)C(=O)O)C(=O)N[C@@H](CC/C(O)=C\[N+]#N)C(=O)O. The van der Waals surface area contributed by atoms with Crippen molar-refractivity contribution in [1.29, 1.82) is 10.8 Å². The van der Waals surface area contributed by atoms with E-state index in [1.165, 1.54) is 0 Å². The van der Waals surface area contributed by atoms with Crippen LogP contribution in [0, 0.1) is 10.8 Å². The average Bonchev–Trinajstić information content (AvgIpc) is 2.72. The van der Waals surface area contributed by atoms with Crippen LogP contribution in [-0.4, -0.2) is 62.3 Å². The number of aliphatic hydroxyl groups is 2. The van der Waals surface area contributed by atoms with Gasteiger partial charge in [0, 0.05) is 19.3 Å². The van der Waals surface area contributed by atoms with Gasteiger partial charge in [0.25, 0.3) is 0 Å². The van der Waals surface area contributed by atoms with Gasteiger partial charge in [-0.15, -0.1) is 0 Å². The van der Waals surface area contributed by atoms with E-state index in [4.69, 9.17) is 21.6 Å². The summed E-state index contributed by atoms with van der Waals surface area (Å²) in [5.41, 5.74) is 5.32. The molecule has 0 heterocycles. The first-order valence-corrected chi connectivity index (χ1v) is 9.27. The number of nitrogens with zero attached hydrogens (tertiary/aromatic N) is 4. The van der Waals surface area contributed by atoms with Crippen LogP contribution in [0.15, 0.2) is 23.9 Å². The van der Waals surface area contributed by atoms with Crippen LogP contribution in [0.3, 0.4) is 0 Å². The van der Waals surface area contributed by atoms with Gasteiger partial charge in [-0.2, -0.15) is 0 Å². The highest BCUT2D eigenvalue weighted by Crippen LogP contribution is 2.10. The topological polar surface area (TPSA) is 256 Å². The van der Waals surface area contributed by atoms with E-state index in [0.29, 0.717) is 12.4 Å². The van der Waals surface area contributed by atoms with E-state index in [1.54, 1.807) is 0 Å². The van der Waals surface area contributed by atoms with Gasteiger partial charge in [-0.05, 0) is 19.3 Å².